The van der Waals surface area contributed by atoms with Gasteiger partial charge in [0.25, 0.3) is 0 Å². The molecule has 88 valence electrons. The van der Waals surface area contributed by atoms with Gasteiger partial charge in [-0.1, -0.05) is 18.3 Å². The Morgan fingerprint density at radius 2 is 2.00 bits per heavy atom. The quantitative estimate of drug-likeness (QED) is 0.815. The van der Waals surface area contributed by atoms with Gasteiger partial charge in [-0.2, -0.15) is 0 Å². The second-order valence-electron chi connectivity index (χ2n) is 3.26. The molecule has 7 heteroatoms. The lowest BCUT2D eigenvalue weighted by molar-refractivity contribution is 0.518. The zero-order chi connectivity index (χ0) is 12.5. The van der Waals surface area contributed by atoms with Crippen molar-refractivity contribution in [2.45, 2.75) is 4.90 Å². The van der Waals surface area contributed by atoms with Gasteiger partial charge in [-0.15, -0.1) is 0 Å². The largest absolute Gasteiger partial charge is 0.389 e. The first-order chi connectivity index (χ1) is 7.28. The predicted octanol–water partition coefficient (Wildman–Crippen LogP) is 0.710. The first-order valence-electron chi connectivity index (χ1n) is 4.29. The number of halogens is 1. The molecule has 0 aromatic heterocycles. The molecule has 0 amide bonds. The fourth-order valence-electron chi connectivity index (χ4n) is 1.16. The molecule has 0 unspecified atom stereocenters. The first kappa shape index (κ1) is 13.0. The number of nitrogens with zero attached hydrogens (tertiary/aromatic N) is 1. The number of thiocarbonyl (C=S) groups is 1. The number of sulfonamides is 1. The van der Waals surface area contributed by atoms with Crippen molar-refractivity contribution in [3.63, 3.8) is 0 Å². The molecule has 16 heavy (non-hydrogen) atoms. The van der Waals surface area contributed by atoms with Crippen molar-refractivity contribution in [1.29, 1.82) is 0 Å². The summed E-state index contributed by atoms with van der Waals surface area (Å²) in [4.78, 5) is -0.497. The van der Waals surface area contributed by atoms with Gasteiger partial charge >= 0.3 is 0 Å². The fraction of sp³-hybridized carbons (Fsp3) is 0.222. The van der Waals surface area contributed by atoms with E-state index in [4.69, 9.17) is 5.73 Å². The molecule has 0 fully saturated rings. The van der Waals surface area contributed by atoms with Gasteiger partial charge in [0.1, 0.15) is 10.8 Å². The van der Waals surface area contributed by atoms with Crippen LogP contribution in [0.3, 0.4) is 0 Å². The SMILES string of the molecule is CN(C)S(=O)(=O)c1cccc(F)c1C(N)=S. The molecule has 0 aliphatic carbocycles. The smallest absolute Gasteiger partial charge is 0.243 e. The highest BCUT2D eigenvalue weighted by Crippen LogP contribution is 2.21. The van der Waals surface area contributed by atoms with E-state index >= 15 is 0 Å². The monoisotopic (exact) mass is 262 g/mol. The average Bonchev–Trinajstić information content (AvgIpc) is 2.16. The van der Waals surface area contributed by atoms with E-state index in [1.807, 2.05) is 0 Å². The van der Waals surface area contributed by atoms with Gasteiger partial charge in [0.2, 0.25) is 10.0 Å². The Bertz CT molecular complexity index is 526. The van der Waals surface area contributed by atoms with E-state index in [2.05, 4.69) is 12.2 Å². The summed E-state index contributed by atoms with van der Waals surface area (Å²) in [6, 6.07) is 3.68. The van der Waals surface area contributed by atoms with Gasteiger partial charge in [-0.25, -0.2) is 17.1 Å². The fourth-order valence-corrected chi connectivity index (χ4v) is 2.54. The molecule has 0 aliphatic rings. The maximum Gasteiger partial charge on any atom is 0.243 e. The van der Waals surface area contributed by atoms with Crippen molar-refractivity contribution in [2.24, 2.45) is 5.73 Å². The van der Waals surface area contributed by atoms with Gasteiger partial charge in [0, 0.05) is 14.1 Å². The molecule has 0 radical (unpaired) electrons. The number of nitrogens with two attached hydrogens (primary N) is 1. The summed E-state index contributed by atoms with van der Waals surface area (Å²) < 4.78 is 38.1. The number of benzene rings is 1. The van der Waals surface area contributed by atoms with Crippen molar-refractivity contribution in [3.05, 3.63) is 29.6 Å². The highest BCUT2D eigenvalue weighted by atomic mass is 32.2. The molecule has 1 aromatic rings. The summed E-state index contributed by atoms with van der Waals surface area (Å²) in [6.07, 6.45) is 0. The van der Waals surface area contributed by atoms with Gasteiger partial charge in [0.15, 0.2) is 0 Å². The Morgan fingerprint density at radius 3 is 2.44 bits per heavy atom. The third kappa shape index (κ3) is 2.21. The van der Waals surface area contributed by atoms with Crippen LogP contribution in [0.15, 0.2) is 23.1 Å². The lowest BCUT2D eigenvalue weighted by Gasteiger charge is -2.14. The number of hydrogen-bond donors (Lipinski definition) is 1. The molecule has 0 saturated heterocycles. The maximum absolute atomic E-state index is 13.4. The number of hydrogen-bond acceptors (Lipinski definition) is 3. The van der Waals surface area contributed by atoms with Crippen LogP contribution in [0.4, 0.5) is 4.39 Å². The van der Waals surface area contributed by atoms with Crippen molar-refractivity contribution >= 4 is 27.2 Å². The summed E-state index contributed by atoms with van der Waals surface area (Å²) in [5, 5.41) is 0. The molecule has 0 atom stereocenters. The van der Waals surface area contributed by atoms with E-state index in [0.717, 1.165) is 10.4 Å². The van der Waals surface area contributed by atoms with Crippen LogP contribution >= 0.6 is 12.2 Å². The zero-order valence-corrected chi connectivity index (χ0v) is 10.4. The van der Waals surface area contributed by atoms with E-state index in [1.54, 1.807) is 0 Å². The summed E-state index contributed by atoms with van der Waals surface area (Å²) in [5.41, 5.74) is 5.08. The van der Waals surface area contributed by atoms with Crippen molar-refractivity contribution < 1.29 is 12.8 Å². The van der Waals surface area contributed by atoms with Crippen LogP contribution in [0.1, 0.15) is 5.56 Å². The highest BCUT2D eigenvalue weighted by molar-refractivity contribution is 7.89. The standard InChI is InChI=1S/C9H11FN2O2S2/c1-12(2)16(13,14)7-5-3-4-6(10)8(7)9(11)15/h3-5H,1-2H3,(H2,11,15). The Morgan fingerprint density at radius 1 is 1.44 bits per heavy atom. The molecule has 2 N–H and O–H groups in total. The lowest BCUT2D eigenvalue weighted by atomic mass is 10.2. The normalized spacial score (nSPS) is 11.8. The Balaban J connectivity index is 3.59. The minimum Gasteiger partial charge on any atom is -0.389 e. The van der Waals surface area contributed by atoms with E-state index in [9.17, 15) is 12.8 Å². The topological polar surface area (TPSA) is 63.4 Å². The van der Waals surface area contributed by atoms with Gasteiger partial charge in [-0.3, -0.25) is 0 Å². The van der Waals surface area contributed by atoms with E-state index in [1.165, 1.54) is 26.2 Å². The first-order valence-corrected chi connectivity index (χ1v) is 6.14. The number of rotatable bonds is 3. The lowest BCUT2D eigenvalue weighted by Crippen LogP contribution is -2.26. The molecule has 0 spiro atoms. The minimum absolute atomic E-state index is 0.218. The van der Waals surface area contributed by atoms with Crippen LogP contribution in [0.5, 0.6) is 0 Å². The van der Waals surface area contributed by atoms with E-state index < -0.39 is 15.8 Å². The van der Waals surface area contributed by atoms with Crippen LogP contribution in [0, 0.1) is 5.82 Å². The molecule has 0 bridgehead atoms. The minimum atomic E-state index is -3.75. The van der Waals surface area contributed by atoms with Crippen LogP contribution in [-0.2, 0) is 10.0 Å². The summed E-state index contributed by atoms with van der Waals surface area (Å²) in [6.45, 7) is 0. The van der Waals surface area contributed by atoms with Crippen LogP contribution in [-0.4, -0.2) is 31.8 Å². The summed E-state index contributed by atoms with van der Waals surface area (Å²) >= 11 is 4.65. The molecule has 0 saturated carbocycles. The summed E-state index contributed by atoms with van der Waals surface area (Å²) in [7, 11) is -1.05. The molecule has 1 rings (SSSR count). The van der Waals surface area contributed by atoms with E-state index in [-0.39, 0.29) is 15.4 Å². The van der Waals surface area contributed by atoms with Crippen LogP contribution in [0.2, 0.25) is 0 Å². The third-order valence-corrected chi connectivity index (χ3v) is 4.04. The Labute approximate surface area is 98.9 Å². The van der Waals surface area contributed by atoms with Gasteiger partial charge < -0.3 is 5.73 Å². The molecule has 0 aliphatic heterocycles. The van der Waals surface area contributed by atoms with Gasteiger partial charge in [-0.05, 0) is 12.1 Å². The predicted molar refractivity (Wildman–Crippen MR) is 63.2 cm³/mol. The average molecular weight is 262 g/mol. The zero-order valence-electron chi connectivity index (χ0n) is 8.77. The maximum atomic E-state index is 13.4. The van der Waals surface area contributed by atoms with Gasteiger partial charge in [0.05, 0.1) is 10.5 Å². The highest BCUT2D eigenvalue weighted by Gasteiger charge is 2.24. The molecular weight excluding hydrogens is 251 g/mol. The van der Waals surface area contributed by atoms with Crippen molar-refractivity contribution in [1.82, 2.24) is 4.31 Å². The second-order valence-corrected chi connectivity index (χ2v) is 5.82. The van der Waals surface area contributed by atoms with Crippen LogP contribution in [0.25, 0.3) is 0 Å². The Hall–Kier alpha value is -1.05. The second kappa shape index (κ2) is 4.44. The van der Waals surface area contributed by atoms with Crippen LogP contribution < -0.4 is 5.73 Å². The third-order valence-electron chi connectivity index (χ3n) is 1.98. The Kier molecular flexibility index (Phi) is 3.61. The van der Waals surface area contributed by atoms with Crippen molar-refractivity contribution in [2.75, 3.05) is 14.1 Å². The molecule has 4 nitrogen and oxygen atoms in total. The van der Waals surface area contributed by atoms with Crippen molar-refractivity contribution in [3.8, 4) is 0 Å². The summed E-state index contributed by atoms with van der Waals surface area (Å²) in [5.74, 6) is -0.740. The molecule has 1 aromatic carbocycles. The molecular formula is C9H11FN2O2S2. The van der Waals surface area contributed by atoms with E-state index in [0.29, 0.717) is 0 Å². The molecule has 0 heterocycles.